The lowest BCUT2D eigenvalue weighted by Gasteiger charge is -2.19. The summed E-state index contributed by atoms with van der Waals surface area (Å²) in [6.45, 7) is 11.7. The first-order valence-corrected chi connectivity index (χ1v) is 9.06. The van der Waals surface area contributed by atoms with Gasteiger partial charge < -0.3 is 0 Å². The highest BCUT2D eigenvalue weighted by molar-refractivity contribution is 7.92. The van der Waals surface area contributed by atoms with Gasteiger partial charge in [0, 0.05) is 17.3 Å². The molecule has 0 unspecified atom stereocenters. The van der Waals surface area contributed by atoms with Gasteiger partial charge in [-0.3, -0.25) is 9.71 Å². The number of benzene rings is 1. The van der Waals surface area contributed by atoms with Gasteiger partial charge in [-0.05, 0) is 44.0 Å². The second kappa shape index (κ2) is 5.96. The Morgan fingerprint density at radius 3 is 2.09 bits per heavy atom. The summed E-state index contributed by atoms with van der Waals surface area (Å²) in [5.74, 6) is 0. The topological polar surface area (TPSA) is 59.1 Å². The molecule has 23 heavy (non-hydrogen) atoms. The van der Waals surface area contributed by atoms with E-state index in [9.17, 15) is 8.42 Å². The molecular formula is C18H24N2O2S. The van der Waals surface area contributed by atoms with Crippen molar-refractivity contribution in [3.63, 3.8) is 0 Å². The van der Waals surface area contributed by atoms with Crippen LogP contribution in [0.1, 0.15) is 43.2 Å². The van der Waals surface area contributed by atoms with E-state index < -0.39 is 10.0 Å². The van der Waals surface area contributed by atoms with Crippen molar-refractivity contribution in [1.29, 1.82) is 0 Å². The van der Waals surface area contributed by atoms with Gasteiger partial charge in [0.1, 0.15) is 0 Å². The van der Waals surface area contributed by atoms with Gasteiger partial charge in [0.25, 0.3) is 10.0 Å². The van der Waals surface area contributed by atoms with Gasteiger partial charge in [-0.15, -0.1) is 0 Å². The summed E-state index contributed by atoms with van der Waals surface area (Å²) in [5, 5.41) is 0. The molecule has 0 amide bonds. The standard InChI is InChI=1S/C18H24N2O2S/c1-12-9-13(2)17(14(3)10-12)23(21,22)20-15-7-8-19-16(11-15)18(4,5)6/h7-11H,1-6H3,(H,19,20). The number of hydrogen-bond donors (Lipinski definition) is 1. The average molecular weight is 332 g/mol. The number of nitrogens with one attached hydrogen (secondary N) is 1. The Bertz CT molecular complexity index is 811. The lowest BCUT2D eigenvalue weighted by atomic mass is 9.91. The maximum absolute atomic E-state index is 12.8. The Labute approximate surface area is 139 Å². The fourth-order valence-electron chi connectivity index (χ4n) is 2.70. The molecule has 1 N–H and O–H groups in total. The van der Waals surface area contributed by atoms with E-state index in [1.807, 2.05) is 53.7 Å². The van der Waals surface area contributed by atoms with E-state index in [4.69, 9.17) is 0 Å². The van der Waals surface area contributed by atoms with Crippen LogP contribution in [0.15, 0.2) is 35.4 Å². The van der Waals surface area contributed by atoms with Crippen molar-refractivity contribution in [3.8, 4) is 0 Å². The zero-order chi connectivity index (χ0) is 17.4. The molecule has 0 fully saturated rings. The molecule has 0 atom stereocenters. The Balaban J connectivity index is 2.44. The summed E-state index contributed by atoms with van der Waals surface area (Å²) in [6.07, 6.45) is 1.63. The van der Waals surface area contributed by atoms with Crippen LogP contribution in [0.3, 0.4) is 0 Å². The molecule has 5 heteroatoms. The summed E-state index contributed by atoms with van der Waals surface area (Å²) in [4.78, 5) is 4.67. The number of sulfonamides is 1. The van der Waals surface area contributed by atoms with Crippen molar-refractivity contribution in [2.24, 2.45) is 0 Å². The molecular weight excluding hydrogens is 308 g/mol. The lowest BCUT2D eigenvalue weighted by Crippen LogP contribution is -2.18. The predicted octanol–water partition coefficient (Wildman–Crippen LogP) is 4.11. The van der Waals surface area contributed by atoms with Gasteiger partial charge >= 0.3 is 0 Å². The highest BCUT2D eigenvalue weighted by atomic mass is 32.2. The van der Waals surface area contributed by atoms with Crippen LogP contribution in [0.25, 0.3) is 0 Å². The minimum atomic E-state index is -3.63. The zero-order valence-corrected chi connectivity index (χ0v) is 15.4. The van der Waals surface area contributed by atoms with Crippen molar-refractivity contribution in [1.82, 2.24) is 4.98 Å². The molecule has 0 aliphatic carbocycles. The van der Waals surface area contributed by atoms with Crippen LogP contribution in [0.4, 0.5) is 5.69 Å². The third-order valence-corrected chi connectivity index (χ3v) is 5.34. The van der Waals surface area contributed by atoms with Crippen LogP contribution in [0, 0.1) is 20.8 Å². The molecule has 2 aromatic rings. The van der Waals surface area contributed by atoms with E-state index >= 15 is 0 Å². The smallest absolute Gasteiger partial charge is 0.262 e. The molecule has 0 spiro atoms. The number of nitrogens with zero attached hydrogens (tertiary/aromatic N) is 1. The molecule has 2 rings (SSSR count). The molecule has 0 radical (unpaired) electrons. The number of aromatic nitrogens is 1. The number of hydrogen-bond acceptors (Lipinski definition) is 3. The van der Waals surface area contributed by atoms with Gasteiger partial charge in [-0.2, -0.15) is 0 Å². The van der Waals surface area contributed by atoms with Crippen molar-refractivity contribution in [2.45, 2.75) is 51.9 Å². The normalized spacial score (nSPS) is 12.3. The van der Waals surface area contributed by atoms with Gasteiger partial charge in [0.15, 0.2) is 0 Å². The van der Waals surface area contributed by atoms with E-state index in [2.05, 4.69) is 9.71 Å². The fourth-order valence-corrected chi connectivity index (χ4v) is 4.21. The predicted molar refractivity (Wildman–Crippen MR) is 94.4 cm³/mol. The maximum atomic E-state index is 12.8. The summed E-state index contributed by atoms with van der Waals surface area (Å²) >= 11 is 0. The average Bonchev–Trinajstić information content (AvgIpc) is 2.35. The Morgan fingerprint density at radius 1 is 1.00 bits per heavy atom. The van der Waals surface area contributed by atoms with E-state index in [1.54, 1.807) is 18.3 Å². The first-order chi connectivity index (χ1) is 10.5. The number of aryl methyl sites for hydroxylation is 3. The monoisotopic (exact) mass is 332 g/mol. The molecule has 0 saturated carbocycles. The van der Waals surface area contributed by atoms with Crippen LogP contribution in [-0.4, -0.2) is 13.4 Å². The SMILES string of the molecule is Cc1cc(C)c(S(=O)(=O)Nc2ccnc(C(C)(C)C)c2)c(C)c1. The third kappa shape index (κ3) is 3.91. The quantitative estimate of drug-likeness (QED) is 0.920. The minimum absolute atomic E-state index is 0.142. The second-order valence-corrected chi connectivity index (χ2v) is 8.63. The summed E-state index contributed by atoms with van der Waals surface area (Å²) in [6, 6.07) is 7.23. The zero-order valence-electron chi connectivity index (χ0n) is 14.6. The molecule has 4 nitrogen and oxygen atoms in total. The van der Waals surface area contributed by atoms with Crippen LogP contribution in [0.5, 0.6) is 0 Å². The Hall–Kier alpha value is -1.88. The van der Waals surface area contributed by atoms with Crippen molar-refractivity contribution in [2.75, 3.05) is 4.72 Å². The van der Waals surface area contributed by atoms with Gasteiger partial charge in [0.2, 0.25) is 0 Å². The highest BCUT2D eigenvalue weighted by Crippen LogP contribution is 2.26. The maximum Gasteiger partial charge on any atom is 0.262 e. The molecule has 0 bridgehead atoms. The van der Waals surface area contributed by atoms with E-state index in [0.29, 0.717) is 10.6 Å². The molecule has 0 aliphatic heterocycles. The largest absolute Gasteiger partial charge is 0.279 e. The fraction of sp³-hybridized carbons (Fsp3) is 0.389. The molecule has 1 aromatic carbocycles. The van der Waals surface area contributed by atoms with Gasteiger partial charge in [-0.1, -0.05) is 38.5 Å². The Kier molecular flexibility index (Phi) is 4.53. The van der Waals surface area contributed by atoms with Gasteiger partial charge in [0.05, 0.1) is 10.6 Å². The first kappa shape index (κ1) is 17.5. The molecule has 124 valence electrons. The summed E-state index contributed by atoms with van der Waals surface area (Å²) in [5.41, 5.74) is 3.79. The Morgan fingerprint density at radius 2 is 1.57 bits per heavy atom. The first-order valence-electron chi connectivity index (χ1n) is 7.58. The van der Waals surface area contributed by atoms with Crippen LogP contribution in [-0.2, 0) is 15.4 Å². The van der Waals surface area contributed by atoms with Crippen LogP contribution < -0.4 is 4.72 Å². The second-order valence-electron chi connectivity index (χ2n) is 7.01. The molecule has 1 heterocycles. The molecule has 0 saturated heterocycles. The van der Waals surface area contributed by atoms with Gasteiger partial charge in [-0.25, -0.2) is 8.42 Å². The van der Waals surface area contributed by atoms with E-state index in [0.717, 1.165) is 22.4 Å². The summed E-state index contributed by atoms with van der Waals surface area (Å²) < 4.78 is 28.2. The van der Waals surface area contributed by atoms with E-state index in [1.165, 1.54) is 0 Å². The van der Waals surface area contributed by atoms with Crippen LogP contribution in [0.2, 0.25) is 0 Å². The number of anilines is 1. The van der Waals surface area contributed by atoms with Crippen LogP contribution >= 0.6 is 0 Å². The minimum Gasteiger partial charge on any atom is -0.279 e. The molecule has 1 aromatic heterocycles. The van der Waals surface area contributed by atoms with E-state index in [-0.39, 0.29) is 5.41 Å². The number of rotatable bonds is 3. The highest BCUT2D eigenvalue weighted by Gasteiger charge is 2.21. The lowest BCUT2D eigenvalue weighted by molar-refractivity contribution is 0.569. The van der Waals surface area contributed by atoms with Crippen molar-refractivity contribution < 1.29 is 8.42 Å². The third-order valence-electron chi connectivity index (χ3n) is 3.65. The van der Waals surface area contributed by atoms with Crippen molar-refractivity contribution >= 4 is 15.7 Å². The van der Waals surface area contributed by atoms with Crippen molar-refractivity contribution in [3.05, 3.63) is 52.8 Å². The molecule has 0 aliphatic rings. The summed E-state index contributed by atoms with van der Waals surface area (Å²) in [7, 11) is -3.63. The number of pyridine rings is 1.